The van der Waals surface area contributed by atoms with E-state index in [1.165, 1.54) is 42.0 Å². The predicted molar refractivity (Wildman–Crippen MR) is 108 cm³/mol. The maximum absolute atomic E-state index is 13.3. The summed E-state index contributed by atoms with van der Waals surface area (Å²) in [5.41, 5.74) is 1.60. The van der Waals surface area contributed by atoms with Gasteiger partial charge in [0.1, 0.15) is 11.6 Å². The van der Waals surface area contributed by atoms with Crippen molar-refractivity contribution in [2.75, 3.05) is 0 Å². The Bertz CT molecular complexity index is 980. The van der Waals surface area contributed by atoms with Crippen LogP contribution in [-0.2, 0) is 13.0 Å². The number of rotatable bonds is 5. The molecule has 0 radical (unpaired) electrons. The maximum Gasteiger partial charge on any atom is 0.306 e. The number of fused-ring (bicyclic) bond motifs is 1. The fraction of sp³-hybridized carbons (Fsp3) is 0.476. The number of aliphatic imine (C=N–C) groups is 1. The lowest BCUT2D eigenvalue weighted by atomic mass is 9.84. The Morgan fingerprint density at radius 1 is 1.29 bits per heavy atom. The molecule has 2 aliphatic rings. The Morgan fingerprint density at radius 2 is 2.07 bits per heavy atom. The van der Waals surface area contributed by atoms with Crippen molar-refractivity contribution in [3.63, 3.8) is 0 Å². The van der Waals surface area contributed by atoms with Crippen LogP contribution in [0.4, 0.5) is 10.2 Å². The first-order chi connectivity index (χ1) is 13.6. The van der Waals surface area contributed by atoms with E-state index in [4.69, 9.17) is 21.3 Å². The van der Waals surface area contributed by atoms with Crippen molar-refractivity contribution in [1.29, 1.82) is 0 Å². The Kier molecular flexibility index (Phi) is 5.49. The molecular weight excluding hydrogens is 381 g/mol. The fourth-order valence-corrected chi connectivity index (χ4v) is 4.20. The van der Waals surface area contributed by atoms with Gasteiger partial charge in [0.2, 0.25) is 0 Å². The van der Waals surface area contributed by atoms with Crippen LogP contribution in [0.5, 0.6) is 11.8 Å². The standard InChI is InChI=1S/C21H23ClFN3O2/c1-2-10-26-20(27)15-12-17(13-6-4-3-5-7-13)24-19(15)25-21(26)28-18-9-8-14(23)11-16(18)22/h8-9,11,13H,2-7,10,12H2,1H3. The molecule has 1 aliphatic carbocycles. The van der Waals surface area contributed by atoms with Gasteiger partial charge in [-0.1, -0.05) is 37.8 Å². The minimum atomic E-state index is -0.452. The molecule has 0 N–H and O–H groups in total. The molecule has 2 heterocycles. The van der Waals surface area contributed by atoms with Crippen LogP contribution in [0.15, 0.2) is 28.0 Å². The van der Waals surface area contributed by atoms with Crippen molar-refractivity contribution in [3.8, 4) is 11.8 Å². The molecule has 1 aliphatic heterocycles. The number of benzene rings is 1. The Morgan fingerprint density at radius 3 is 2.79 bits per heavy atom. The molecule has 1 saturated carbocycles. The average molecular weight is 404 g/mol. The molecule has 148 valence electrons. The van der Waals surface area contributed by atoms with Crippen LogP contribution < -0.4 is 10.3 Å². The first kappa shape index (κ1) is 19.1. The number of nitrogens with zero attached hydrogens (tertiary/aromatic N) is 3. The summed E-state index contributed by atoms with van der Waals surface area (Å²) in [7, 11) is 0. The van der Waals surface area contributed by atoms with Gasteiger partial charge in [-0.3, -0.25) is 9.36 Å². The predicted octanol–water partition coefficient (Wildman–Crippen LogP) is 5.45. The zero-order chi connectivity index (χ0) is 19.7. The molecule has 1 fully saturated rings. The fourth-order valence-electron chi connectivity index (χ4n) is 3.99. The van der Waals surface area contributed by atoms with Gasteiger partial charge in [-0.05, 0) is 43.4 Å². The normalized spacial score (nSPS) is 16.8. The van der Waals surface area contributed by atoms with Gasteiger partial charge in [-0.2, -0.15) is 4.98 Å². The van der Waals surface area contributed by atoms with Crippen LogP contribution in [0.25, 0.3) is 0 Å². The quantitative estimate of drug-likeness (QED) is 0.667. The zero-order valence-corrected chi connectivity index (χ0v) is 16.6. The van der Waals surface area contributed by atoms with E-state index in [9.17, 15) is 9.18 Å². The van der Waals surface area contributed by atoms with Crippen molar-refractivity contribution >= 4 is 23.1 Å². The summed E-state index contributed by atoms with van der Waals surface area (Å²) < 4.78 is 20.7. The first-order valence-electron chi connectivity index (χ1n) is 9.91. The van der Waals surface area contributed by atoms with E-state index in [0.29, 0.717) is 30.3 Å². The molecule has 4 rings (SSSR count). The van der Waals surface area contributed by atoms with Crippen molar-refractivity contribution in [3.05, 3.63) is 45.0 Å². The Hall–Kier alpha value is -2.21. The van der Waals surface area contributed by atoms with E-state index in [1.54, 1.807) is 0 Å². The van der Waals surface area contributed by atoms with Gasteiger partial charge in [0.25, 0.3) is 5.56 Å². The summed E-state index contributed by atoms with van der Waals surface area (Å²) in [6.07, 6.45) is 7.29. The van der Waals surface area contributed by atoms with Crippen molar-refractivity contribution < 1.29 is 9.13 Å². The van der Waals surface area contributed by atoms with Gasteiger partial charge in [-0.25, -0.2) is 9.38 Å². The molecule has 0 amide bonds. The summed E-state index contributed by atoms with van der Waals surface area (Å²) in [6, 6.07) is 4.01. The van der Waals surface area contributed by atoms with Crippen LogP contribution in [0, 0.1) is 11.7 Å². The molecule has 0 bridgehead atoms. The van der Waals surface area contributed by atoms with Gasteiger partial charge in [-0.15, -0.1) is 0 Å². The monoisotopic (exact) mass is 403 g/mol. The van der Waals surface area contributed by atoms with Crippen LogP contribution in [0.1, 0.15) is 51.0 Å². The second-order valence-corrected chi connectivity index (χ2v) is 7.85. The number of hydrogen-bond acceptors (Lipinski definition) is 4. The van der Waals surface area contributed by atoms with E-state index < -0.39 is 5.82 Å². The Labute approximate surface area is 168 Å². The van der Waals surface area contributed by atoms with E-state index in [1.807, 2.05) is 6.92 Å². The van der Waals surface area contributed by atoms with Gasteiger partial charge >= 0.3 is 6.01 Å². The number of hydrogen-bond donors (Lipinski definition) is 0. The highest BCUT2D eigenvalue weighted by Gasteiger charge is 2.29. The highest BCUT2D eigenvalue weighted by molar-refractivity contribution is 6.32. The summed E-state index contributed by atoms with van der Waals surface area (Å²) in [5, 5.41) is 0.129. The van der Waals surface area contributed by atoms with Gasteiger partial charge in [0.15, 0.2) is 5.82 Å². The highest BCUT2D eigenvalue weighted by atomic mass is 35.5. The molecule has 1 aromatic carbocycles. The molecule has 2 aromatic rings. The van der Waals surface area contributed by atoms with Crippen LogP contribution in [0.2, 0.25) is 5.02 Å². The van der Waals surface area contributed by atoms with Crippen LogP contribution in [-0.4, -0.2) is 15.3 Å². The van der Waals surface area contributed by atoms with Gasteiger partial charge in [0, 0.05) is 18.7 Å². The number of ether oxygens (including phenoxy) is 1. The molecule has 7 heteroatoms. The first-order valence-corrected chi connectivity index (χ1v) is 10.3. The summed E-state index contributed by atoms with van der Waals surface area (Å²) in [4.78, 5) is 22.3. The second kappa shape index (κ2) is 8.03. The number of halogens is 2. The minimum Gasteiger partial charge on any atom is -0.424 e. The van der Waals surface area contributed by atoms with E-state index in [2.05, 4.69) is 4.98 Å². The van der Waals surface area contributed by atoms with Crippen molar-refractivity contribution in [2.24, 2.45) is 10.9 Å². The third-order valence-corrected chi connectivity index (χ3v) is 5.73. The lowest BCUT2D eigenvalue weighted by Gasteiger charge is -2.21. The van der Waals surface area contributed by atoms with Crippen molar-refractivity contribution in [2.45, 2.75) is 58.4 Å². The third kappa shape index (κ3) is 3.70. The van der Waals surface area contributed by atoms with Crippen molar-refractivity contribution in [1.82, 2.24) is 9.55 Å². The minimum absolute atomic E-state index is 0.116. The van der Waals surface area contributed by atoms with Gasteiger partial charge < -0.3 is 4.74 Å². The molecular formula is C21H23ClFN3O2. The van der Waals surface area contributed by atoms with Gasteiger partial charge in [0.05, 0.1) is 10.6 Å². The topological polar surface area (TPSA) is 56.5 Å². The molecule has 0 spiro atoms. The largest absolute Gasteiger partial charge is 0.424 e. The number of aromatic nitrogens is 2. The molecule has 5 nitrogen and oxygen atoms in total. The highest BCUT2D eigenvalue weighted by Crippen LogP contribution is 2.34. The SMILES string of the molecule is CCCn1c(Oc2ccc(F)cc2Cl)nc2c(c1=O)CC(C1CCCCC1)=N2. The third-order valence-electron chi connectivity index (χ3n) is 5.43. The molecule has 1 aromatic heterocycles. The Balaban J connectivity index is 1.71. The summed E-state index contributed by atoms with van der Waals surface area (Å²) in [6.45, 7) is 2.46. The lowest BCUT2D eigenvalue weighted by molar-refractivity contribution is 0.394. The molecule has 0 saturated heterocycles. The summed E-state index contributed by atoms with van der Waals surface area (Å²) in [5.74, 6) is 0.699. The zero-order valence-electron chi connectivity index (χ0n) is 15.9. The average Bonchev–Trinajstić information content (AvgIpc) is 3.12. The van der Waals surface area contributed by atoms with E-state index in [-0.39, 0.29) is 22.3 Å². The summed E-state index contributed by atoms with van der Waals surface area (Å²) >= 11 is 6.08. The van der Waals surface area contributed by atoms with E-state index in [0.717, 1.165) is 25.0 Å². The molecule has 28 heavy (non-hydrogen) atoms. The van der Waals surface area contributed by atoms with Crippen LogP contribution in [0.3, 0.4) is 0 Å². The maximum atomic E-state index is 13.3. The molecule has 0 atom stereocenters. The smallest absolute Gasteiger partial charge is 0.306 e. The molecule has 0 unspecified atom stereocenters. The van der Waals surface area contributed by atoms with Crippen LogP contribution >= 0.6 is 11.6 Å². The second-order valence-electron chi connectivity index (χ2n) is 7.44. The van der Waals surface area contributed by atoms with E-state index >= 15 is 0 Å². The lowest BCUT2D eigenvalue weighted by Crippen LogP contribution is -2.27.